The van der Waals surface area contributed by atoms with Crippen LogP contribution < -0.4 is 0 Å². The first-order valence-corrected chi connectivity index (χ1v) is 14.2. The van der Waals surface area contributed by atoms with Gasteiger partial charge in [-0.2, -0.15) is 0 Å². The van der Waals surface area contributed by atoms with E-state index in [0.29, 0.717) is 5.56 Å². The van der Waals surface area contributed by atoms with Crippen molar-refractivity contribution in [1.82, 2.24) is 9.80 Å². The number of carbonyl (C=O) groups is 4. The van der Waals surface area contributed by atoms with E-state index < -0.39 is 50.4 Å². The number of nitro benzene ring substituents is 1. The summed E-state index contributed by atoms with van der Waals surface area (Å²) in [7, 11) is 1.17. The highest BCUT2D eigenvalue weighted by molar-refractivity contribution is 9.50. The maximum absolute atomic E-state index is 13.3. The van der Waals surface area contributed by atoms with Crippen LogP contribution in [0.1, 0.15) is 40.1 Å². The summed E-state index contributed by atoms with van der Waals surface area (Å²) in [4.78, 5) is 64.0. The minimum absolute atomic E-state index is 0.0905. The van der Waals surface area contributed by atoms with E-state index >= 15 is 0 Å². The van der Waals surface area contributed by atoms with E-state index in [2.05, 4.69) is 30.7 Å². The summed E-state index contributed by atoms with van der Waals surface area (Å²) in [6.07, 6.45) is 0. The minimum Gasteiger partial charge on any atom is -0.459 e. The van der Waals surface area contributed by atoms with Crippen LogP contribution in [0.5, 0.6) is 0 Å². The lowest BCUT2D eigenvalue weighted by Gasteiger charge is -2.52. The monoisotopic (exact) mass is 639 g/mol. The molecule has 2 aromatic rings. The molecule has 0 radical (unpaired) electrons. The predicted molar refractivity (Wildman–Crippen MR) is 138 cm³/mol. The van der Waals surface area contributed by atoms with Crippen LogP contribution in [0.15, 0.2) is 48.5 Å². The third kappa shape index (κ3) is 4.43. The number of likely N-dealkylation sites (tertiary alicyclic amines) is 1. The summed E-state index contributed by atoms with van der Waals surface area (Å²) >= 11 is 6.73. The van der Waals surface area contributed by atoms with Gasteiger partial charge in [0.2, 0.25) is 0 Å². The molecule has 0 spiro atoms. The SMILES string of the molecule is CC(C)(SBr)C(C(=O)OCc1ccc([N+](=O)[O-])cc1)N1C(=O)C(N2C(=O)c3ccccc3C2=O)C1Br. The maximum atomic E-state index is 13.3. The Kier molecular flexibility index (Phi) is 7.26. The van der Waals surface area contributed by atoms with Gasteiger partial charge in [-0.25, -0.2) is 4.79 Å². The summed E-state index contributed by atoms with van der Waals surface area (Å²) in [6, 6.07) is 9.71. The number of alkyl halides is 1. The molecule has 3 unspecified atom stereocenters. The molecule has 36 heavy (non-hydrogen) atoms. The lowest BCUT2D eigenvalue weighted by Crippen LogP contribution is -2.75. The van der Waals surface area contributed by atoms with Crippen LogP contribution >= 0.6 is 40.9 Å². The topological polar surface area (TPSA) is 127 Å². The van der Waals surface area contributed by atoms with Crippen LogP contribution in [0, 0.1) is 10.1 Å². The van der Waals surface area contributed by atoms with Crippen molar-refractivity contribution in [2.24, 2.45) is 0 Å². The molecule has 1 fully saturated rings. The Labute approximate surface area is 225 Å². The van der Waals surface area contributed by atoms with Crippen LogP contribution in [-0.2, 0) is 20.9 Å². The zero-order chi connectivity index (χ0) is 26.4. The lowest BCUT2D eigenvalue weighted by molar-refractivity contribution is -0.384. The number of rotatable bonds is 8. The average molecular weight is 641 g/mol. The number of ether oxygens (including phenoxy) is 1. The van der Waals surface area contributed by atoms with Crippen LogP contribution in [0.25, 0.3) is 0 Å². The van der Waals surface area contributed by atoms with Gasteiger partial charge in [0.05, 0.1) is 20.8 Å². The molecule has 2 heterocycles. The van der Waals surface area contributed by atoms with Gasteiger partial charge in [-0.3, -0.25) is 29.4 Å². The van der Waals surface area contributed by atoms with Gasteiger partial charge in [-0.1, -0.05) is 38.3 Å². The van der Waals surface area contributed by atoms with E-state index in [-0.39, 0.29) is 23.4 Å². The van der Waals surface area contributed by atoms with Gasteiger partial charge in [0.25, 0.3) is 23.4 Å². The molecule has 4 rings (SSSR count). The molecular formula is C23H19Br2N3O7S. The van der Waals surface area contributed by atoms with Gasteiger partial charge >= 0.3 is 5.97 Å². The van der Waals surface area contributed by atoms with Gasteiger partial charge in [0.15, 0.2) is 0 Å². The number of esters is 1. The molecule has 2 aliphatic rings. The fraction of sp³-hybridized carbons (Fsp3) is 0.304. The molecule has 0 aliphatic carbocycles. The number of imide groups is 1. The standard InChI is InChI=1S/C23H19Br2N3O7S/c1-23(2,36-25)17(22(32)35-11-12-7-9-13(10-8-12)28(33)34)27-18(24)16(21(27)31)26-19(29)14-5-3-4-6-15(14)20(26)30/h3-10,16-18H,11H2,1-2H3. The fourth-order valence-electron chi connectivity index (χ4n) is 4.15. The van der Waals surface area contributed by atoms with E-state index in [1.807, 2.05) is 0 Å². The Morgan fingerprint density at radius 1 is 1.11 bits per heavy atom. The molecule has 0 N–H and O–H groups in total. The van der Waals surface area contributed by atoms with Crippen LogP contribution in [0.4, 0.5) is 5.69 Å². The number of halogens is 2. The third-order valence-corrected chi connectivity index (χ3v) is 10.1. The first kappa shape index (κ1) is 26.3. The highest BCUT2D eigenvalue weighted by Crippen LogP contribution is 2.43. The molecule has 13 heteroatoms. The van der Waals surface area contributed by atoms with E-state index in [9.17, 15) is 29.3 Å². The lowest BCUT2D eigenvalue weighted by atomic mass is 9.94. The van der Waals surface area contributed by atoms with Crippen LogP contribution in [0.3, 0.4) is 0 Å². The first-order valence-electron chi connectivity index (χ1n) is 10.6. The van der Waals surface area contributed by atoms with E-state index in [1.165, 1.54) is 51.5 Å². The number of amides is 3. The Balaban J connectivity index is 1.53. The highest BCUT2D eigenvalue weighted by Gasteiger charge is 2.61. The zero-order valence-electron chi connectivity index (χ0n) is 18.9. The summed E-state index contributed by atoms with van der Waals surface area (Å²) in [5.74, 6) is -2.41. The van der Waals surface area contributed by atoms with Crippen LogP contribution in [0.2, 0.25) is 0 Å². The molecule has 2 aliphatic heterocycles. The molecule has 0 bridgehead atoms. The van der Waals surface area contributed by atoms with Crippen molar-refractivity contribution in [1.29, 1.82) is 0 Å². The van der Waals surface area contributed by atoms with Gasteiger partial charge in [-0.05, 0) is 58.5 Å². The van der Waals surface area contributed by atoms with Gasteiger partial charge in [0, 0.05) is 12.1 Å². The maximum Gasteiger partial charge on any atom is 0.330 e. The third-order valence-electron chi connectivity index (χ3n) is 6.02. The normalized spacial score (nSPS) is 20.2. The number of non-ortho nitro benzene ring substituents is 1. The number of hydrogen-bond acceptors (Lipinski definition) is 8. The Bertz CT molecular complexity index is 1240. The summed E-state index contributed by atoms with van der Waals surface area (Å²) in [5.41, 5.74) is 0.895. The van der Waals surface area contributed by atoms with Crippen molar-refractivity contribution >= 4 is 70.3 Å². The van der Waals surface area contributed by atoms with E-state index in [4.69, 9.17) is 4.74 Å². The van der Waals surface area contributed by atoms with Crippen molar-refractivity contribution in [3.05, 3.63) is 75.3 Å². The number of hydrogen-bond donors (Lipinski definition) is 0. The first-order chi connectivity index (χ1) is 17.0. The number of nitro groups is 1. The summed E-state index contributed by atoms with van der Waals surface area (Å²) in [6.45, 7) is 3.33. The second-order valence-electron chi connectivity index (χ2n) is 8.70. The summed E-state index contributed by atoms with van der Waals surface area (Å²) in [5, 5.41) is 10.8. The van der Waals surface area contributed by atoms with Crippen LogP contribution in [-0.4, -0.2) is 60.2 Å². The fourth-order valence-corrected chi connectivity index (χ4v) is 5.87. The number of nitrogens with zero attached hydrogens (tertiary/aromatic N) is 3. The number of benzene rings is 2. The molecule has 2 aromatic carbocycles. The largest absolute Gasteiger partial charge is 0.459 e. The molecule has 10 nitrogen and oxygen atoms in total. The second kappa shape index (κ2) is 9.94. The molecule has 3 amide bonds. The average Bonchev–Trinajstić information content (AvgIpc) is 3.11. The molecule has 3 atom stereocenters. The molecule has 1 saturated heterocycles. The van der Waals surface area contributed by atoms with Gasteiger partial charge in [-0.15, -0.1) is 0 Å². The van der Waals surface area contributed by atoms with E-state index in [0.717, 1.165) is 4.90 Å². The van der Waals surface area contributed by atoms with Crippen molar-refractivity contribution in [2.75, 3.05) is 0 Å². The van der Waals surface area contributed by atoms with Crippen molar-refractivity contribution in [3.63, 3.8) is 0 Å². The molecule has 0 saturated carbocycles. The highest BCUT2D eigenvalue weighted by atomic mass is 79.9. The number of carbonyl (C=O) groups excluding carboxylic acids is 4. The van der Waals surface area contributed by atoms with Gasteiger partial charge < -0.3 is 9.64 Å². The van der Waals surface area contributed by atoms with Crippen molar-refractivity contribution in [3.8, 4) is 0 Å². The number of fused-ring (bicyclic) bond motifs is 1. The molecule has 188 valence electrons. The zero-order valence-corrected chi connectivity index (χ0v) is 22.9. The predicted octanol–water partition coefficient (Wildman–Crippen LogP) is 4.06. The molecule has 0 aromatic heterocycles. The molecular weight excluding hydrogens is 622 g/mol. The van der Waals surface area contributed by atoms with E-state index in [1.54, 1.807) is 26.0 Å². The smallest absolute Gasteiger partial charge is 0.330 e. The van der Waals surface area contributed by atoms with Gasteiger partial charge in [0.1, 0.15) is 23.6 Å². The summed E-state index contributed by atoms with van der Waals surface area (Å²) < 4.78 is 4.62. The Hall–Kier alpha value is -2.77. The quantitative estimate of drug-likeness (QED) is 0.0804. The van der Waals surface area contributed by atoms with Crippen molar-refractivity contribution in [2.45, 2.75) is 42.2 Å². The van der Waals surface area contributed by atoms with Crippen molar-refractivity contribution < 1.29 is 28.8 Å². The minimum atomic E-state index is -1.11. The Morgan fingerprint density at radius 3 is 2.14 bits per heavy atom. The second-order valence-corrected chi connectivity index (χ2v) is 11.8. The Morgan fingerprint density at radius 2 is 1.67 bits per heavy atom. The number of β-lactam (4-membered cyclic amide) rings is 1.